The summed E-state index contributed by atoms with van der Waals surface area (Å²) in [5.41, 5.74) is 5.13. The van der Waals surface area contributed by atoms with E-state index in [0.717, 1.165) is 6.42 Å². The molecule has 1 aromatic carbocycles. The third kappa shape index (κ3) is 2.68. The molecule has 1 saturated carbocycles. The van der Waals surface area contributed by atoms with Crippen LogP contribution in [0.25, 0.3) is 0 Å². The molecular formula is C12H18N2O4S. The van der Waals surface area contributed by atoms with E-state index in [0.29, 0.717) is 18.6 Å². The van der Waals surface area contributed by atoms with Crippen molar-refractivity contribution in [3.63, 3.8) is 0 Å². The molecule has 0 radical (unpaired) electrons. The normalized spacial score (nSPS) is 17.8. The first-order chi connectivity index (χ1) is 8.92. The lowest BCUT2D eigenvalue weighted by Crippen LogP contribution is -2.56. The summed E-state index contributed by atoms with van der Waals surface area (Å²) < 4.78 is 32.1. The largest absolute Gasteiger partial charge is 0.497 e. The topological polar surface area (TPSA) is 102 Å². The number of rotatable bonds is 5. The van der Waals surface area contributed by atoms with Gasteiger partial charge in [-0.2, -0.15) is 0 Å². The number of sulfonamides is 1. The molecule has 106 valence electrons. The van der Waals surface area contributed by atoms with Crippen LogP contribution in [0, 0.1) is 0 Å². The van der Waals surface area contributed by atoms with E-state index in [9.17, 15) is 13.5 Å². The fourth-order valence-corrected chi connectivity index (χ4v) is 3.70. The van der Waals surface area contributed by atoms with Gasteiger partial charge in [-0.1, -0.05) is 0 Å². The number of aliphatic hydroxyl groups excluding tert-OH is 1. The Kier molecular flexibility index (Phi) is 3.71. The molecule has 7 heteroatoms. The Morgan fingerprint density at radius 2 is 2.16 bits per heavy atom. The summed E-state index contributed by atoms with van der Waals surface area (Å²) in [6, 6.07) is 4.40. The van der Waals surface area contributed by atoms with Gasteiger partial charge in [0.25, 0.3) is 0 Å². The summed E-state index contributed by atoms with van der Waals surface area (Å²) in [7, 11) is -2.25. The maximum Gasteiger partial charge on any atom is 0.243 e. The molecule has 1 fully saturated rings. The lowest BCUT2D eigenvalue weighted by Gasteiger charge is -2.40. The Balaban J connectivity index is 2.29. The first-order valence-electron chi connectivity index (χ1n) is 6.01. The fourth-order valence-electron chi connectivity index (χ4n) is 2.13. The minimum Gasteiger partial charge on any atom is -0.497 e. The van der Waals surface area contributed by atoms with Gasteiger partial charge in [0.15, 0.2) is 0 Å². The van der Waals surface area contributed by atoms with Crippen molar-refractivity contribution in [1.29, 1.82) is 0 Å². The second kappa shape index (κ2) is 4.99. The molecule has 19 heavy (non-hydrogen) atoms. The number of nitrogens with one attached hydrogen (secondary N) is 1. The number of aliphatic hydroxyl groups is 1. The number of benzene rings is 1. The molecular weight excluding hydrogens is 268 g/mol. The number of nitrogen functional groups attached to an aromatic ring is 1. The number of hydrogen-bond acceptors (Lipinski definition) is 5. The molecule has 4 N–H and O–H groups in total. The van der Waals surface area contributed by atoms with Crippen molar-refractivity contribution >= 4 is 15.7 Å². The third-order valence-corrected chi connectivity index (χ3v) is 5.12. The molecule has 0 spiro atoms. The molecule has 1 aliphatic carbocycles. The van der Waals surface area contributed by atoms with Crippen LogP contribution < -0.4 is 15.2 Å². The molecule has 0 heterocycles. The Hall–Kier alpha value is -1.31. The van der Waals surface area contributed by atoms with E-state index >= 15 is 0 Å². The molecule has 0 saturated heterocycles. The van der Waals surface area contributed by atoms with Crippen LogP contribution in [0.4, 0.5) is 5.69 Å². The lowest BCUT2D eigenvalue weighted by molar-refractivity contribution is 0.110. The van der Waals surface area contributed by atoms with Crippen LogP contribution in [0.2, 0.25) is 0 Å². The summed E-state index contributed by atoms with van der Waals surface area (Å²) in [6.07, 6.45) is 2.18. The number of hydrogen-bond donors (Lipinski definition) is 3. The van der Waals surface area contributed by atoms with Gasteiger partial charge in [-0.15, -0.1) is 0 Å². The lowest BCUT2D eigenvalue weighted by atomic mass is 9.78. The predicted octanol–water partition coefficient (Wildman–Crippen LogP) is 0.471. The summed E-state index contributed by atoms with van der Waals surface area (Å²) in [5, 5.41) is 9.32. The van der Waals surface area contributed by atoms with Crippen LogP contribution in [0.15, 0.2) is 23.1 Å². The summed E-state index contributed by atoms with van der Waals surface area (Å²) in [6.45, 7) is -0.206. The second-order valence-corrected chi connectivity index (χ2v) is 6.45. The Labute approximate surface area is 112 Å². The van der Waals surface area contributed by atoms with Gasteiger partial charge in [-0.05, 0) is 31.4 Å². The average Bonchev–Trinajstić information content (AvgIpc) is 2.33. The summed E-state index contributed by atoms with van der Waals surface area (Å²) in [5.74, 6) is 0.497. The fraction of sp³-hybridized carbons (Fsp3) is 0.500. The highest BCUT2D eigenvalue weighted by Gasteiger charge is 2.40. The van der Waals surface area contributed by atoms with E-state index in [-0.39, 0.29) is 17.2 Å². The van der Waals surface area contributed by atoms with Crippen molar-refractivity contribution in [2.45, 2.75) is 29.7 Å². The Bertz CT molecular complexity index is 562. The highest BCUT2D eigenvalue weighted by molar-refractivity contribution is 7.89. The monoisotopic (exact) mass is 286 g/mol. The highest BCUT2D eigenvalue weighted by Crippen LogP contribution is 2.34. The first-order valence-corrected chi connectivity index (χ1v) is 7.49. The number of ether oxygens (including phenoxy) is 1. The maximum absolute atomic E-state index is 12.3. The third-order valence-electron chi connectivity index (χ3n) is 3.47. The van der Waals surface area contributed by atoms with Gasteiger partial charge < -0.3 is 15.6 Å². The minimum absolute atomic E-state index is 0.00743. The molecule has 0 amide bonds. The zero-order chi connectivity index (χ0) is 14.1. The van der Waals surface area contributed by atoms with Crippen molar-refractivity contribution in [3.8, 4) is 5.75 Å². The van der Waals surface area contributed by atoms with Crippen LogP contribution in [0.1, 0.15) is 19.3 Å². The first kappa shape index (κ1) is 14.1. The van der Waals surface area contributed by atoms with E-state index in [1.807, 2.05) is 0 Å². The summed E-state index contributed by atoms with van der Waals surface area (Å²) in [4.78, 5) is 0.00743. The van der Waals surface area contributed by atoms with Gasteiger partial charge in [0, 0.05) is 6.07 Å². The number of nitrogens with two attached hydrogens (primary N) is 1. The van der Waals surface area contributed by atoms with Gasteiger partial charge in [-0.3, -0.25) is 0 Å². The molecule has 0 bridgehead atoms. The van der Waals surface area contributed by atoms with Crippen LogP contribution in [-0.2, 0) is 10.0 Å². The van der Waals surface area contributed by atoms with E-state index in [2.05, 4.69) is 4.72 Å². The smallest absolute Gasteiger partial charge is 0.243 e. The zero-order valence-electron chi connectivity index (χ0n) is 10.7. The van der Waals surface area contributed by atoms with Crippen LogP contribution in [-0.4, -0.2) is 32.8 Å². The molecule has 0 aliphatic heterocycles. The van der Waals surface area contributed by atoms with Gasteiger partial charge in [0.1, 0.15) is 10.6 Å². The SMILES string of the molecule is COc1ccc(S(=O)(=O)NC2(CO)CCC2)c(N)c1. The van der Waals surface area contributed by atoms with E-state index in [4.69, 9.17) is 10.5 Å². The maximum atomic E-state index is 12.3. The van der Waals surface area contributed by atoms with E-state index < -0.39 is 15.6 Å². The highest BCUT2D eigenvalue weighted by atomic mass is 32.2. The molecule has 1 aliphatic rings. The molecule has 2 rings (SSSR count). The minimum atomic E-state index is -3.74. The second-order valence-electron chi connectivity index (χ2n) is 4.80. The van der Waals surface area contributed by atoms with Crippen molar-refractivity contribution in [2.75, 3.05) is 19.5 Å². The molecule has 0 aromatic heterocycles. The van der Waals surface area contributed by atoms with E-state index in [1.54, 1.807) is 0 Å². The standard InChI is InChI=1S/C12H18N2O4S/c1-18-9-3-4-11(10(13)7-9)19(16,17)14-12(8-15)5-2-6-12/h3-4,7,14-15H,2,5-6,8,13H2,1H3. The number of anilines is 1. The van der Waals surface area contributed by atoms with Gasteiger partial charge in [-0.25, -0.2) is 13.1 Å². The van der Waals surface area contributed by atoms with Crippen molar-refractivity contribution in [3.05, 3.63) is 18.2 Å². The van der Waals surface area contributed by atoms with Crippen LogP contribution >= 0.6 is 0 Å². The Morgan fingerprint density at radius 3 is 2.58 bits per heavy atom. The average molecular weight is 286 g/mol. The van der Waals surface area contributed by atoms with Gasteiger partial charge >= 0.3 is 0 Å². The number of methoxy groups -OCH3 is 1. The van der Waals surface area contributed by atoms with Crippen LogP contribution in [0.5, 0.6) is 5.75 Å². The van der Waals surface area contributed by atoms with Crippen molar-refractivity contribution in [1.82, 2.24) is 4.72 Å². The van der Waals surface area contributed by atoms with Crippen molar-refractivity contribution in [2.24, 2.45) is 0 Å². The van der Waals surface area contributed by atoms with E-state index in [1.165, 1.54) is 25.3 Å². The molecule has 1 aromatic rings. The van der Waals surface area contributed by atoms with Crippen molar-refractivity contribution < 1.29 is 18.3 Å². The van der Waals surface area contributed by atoms with Crippen LogP contribution in [0.3, 0.4) is 0 Å². The zero-order valence-corrected chi connectivity index (χ0v) is 11.5. The predicted molar refractivity (Wildman–Crippen MR) is 71.4 cm³/mol. The molecule has 6 nitrogen and oxygen atoms in total. The van der Waals surface area contributed by atoms with Gasteiger partial charge in [0.05, 0.1) is 24.9 Å². The molecule has 0 atom stereocenters. The van der Waals surface area contributed by atoms with Gasteiger partial charge in [0.2, 0.25) is 10.0 Å². The Morgan fingerprint density at radius 1 is 1.47 bits per heavy atom. The molecule has 0 unspecified atom stereocenters. The summed E-state index contributed by atoms with van der Waals surface area (Å²) >= 11 is 0. The quantitative estimate of drug-likeness (QED) is 0.683.